The van der Waals surface area contributed by atoms with Crippen LogP contribution in [-0.2, 0) is 0 Å². The van der Waals surface area contributed by atoms with Gasteiger partial charge in [-0.25, -0.2) is 0 Å². The molecule has 90 valence electrons. The molecule has 0 bridgehead atoms. The SMILES string of the molecule is CN(C)c1ccc(N=C=Nc2ccccc2)cc1. The van der Waals surface area contributed by atoms with Crippen LogP contribution in [0.15, 0.2) is 64.6 Å². The highest BCUT2D eigenvalue weighted by molar-refractivity contribution is 5.59. The number of anilines is 1. The zero-order valence-electron chi connectivity index (χ0n) is 10.5. The van der Waals surface area contributed by atoms with Crippen molar-refractivity contribution in [2.45, 2.75) is 0 Å². The summed E-state index contributed by atoms with van der Waals surface area (Å²) in [7, 11) is 4.02. The molecule has 0 aromatic heterocycles. The highest BCUT2D eigenvalue weighted by Gasteiger charge is 1.93. The highest BCUT2D eigenvalue weighted by Crippen LogP contribution is 2.17. The summed E-state index contributed by atoms with van der Waals surface area (Å²) in [6, 6.07) is 20.3. The first-order valence-electron chi connectivity index (χ1n) is 5.74. The smallest absolute Gasteiger partial charge is 0.100 e. The molecule has 3 heteroatoms. The Balaban J connectivity index is 2.12. The Hall–Kier alpha value is -2.38. The molecule has 0 spiro atoms. The van der Waals surface area contributed by atoms with Crippen LogP contribution in [0.4, 0.5) is 17.1 Å². The molecule has 0 aliphatic carbocycles. The predicted molar refractivity (Wildman–Crippen MR) is 76.4 cm³/mol. The van der Waals surface area contributed by atoms with Gasteiger partial charge in [0, 0.05) is 19.8 Å². The second-order valence-electron chi connectivity index (χ2n) is 4.07. The summed E-state index contributed by atoms with van der Waals surface area (Å²) in [5.41, 5.74) is 2.85. The molecule has 0 amide bonds. The van der Waals surface area contributed by atoms with Gasteiger partial charge >= 0.3 is 0 Å². The van der Waals surface area contributed by atoms with Crippen LogP contribution >= 0.6 is 0 Å². The predicted octanol–water partition coefficient (Wildman–Crippen LogP) is 3.89. The van der Waals surface area contributed by atoms with E-state index in [0.29, 0.717) is 0 Å². The van der Waals surface area contributed by atoms with Gasteiger partial charge in [-0.3, -0.25) is 0 Å². The number of nitrogens with zero attached hydrogens (tertiary/aromatic N) is 3. The molecule has 2 aromatic rings. The van der Waals surface area contributed by atoms with Gasteiger partial charge in [0.15, 0.2) is 0 Å². The Morgan fingerprint density at radius 3 is 1.89 bits per heavy atom. The average molecular weight is 237 g/mol. The maximum absolute atomic E-state index is 4.17. The summed E-state index contributed by atoms with van der Waals surface area (Å²) < 4.78 is 0. The van der Waals surface area contributed by atoms with Gasteiger partial charge in [-0.2, -0.15) is 9.98 Å². The van der Waals surface area contributed by atoms with Gasteiger partial charge in [-0.1, -0.05) is 18.2 Å². The van der Waals surface area contributed by atoms with Gasteiger partial charge in [0.05, 0.1) is 11.4 Å². The van der Waals surface area contributed by atoms with Gasteiger partial charge in [-0.15, -0.1) is 0 Å². The van der Waals surface area contributed by atoms with E-state index < -0.39 is 0 Å². The van der Waals surface area contributed by atoms with E-state index in [-0.39, 0.29) is 0 Å². The molecule has 0 N–H and O–H groups in total. The maximum atomic E-state index is 4.17. The molecule has 0 unspecified atom stereocenters. The normalized spacial score (nSPS) is 9.44. The fourth-order valence-electron chi connectivity index (χ4n) is 1.47. The minimum absolute atomic E-state index is 0.847. The van der Waals surface area contributed by atoms with Crippen molar-refractivity contribution in [1.29, 1.82) is 0 Å². The van der Waals surface area contributed by atoms with E-state index in [1.807, 2.05) is 73.6 Å². The van der Waals surface area contributed by atoms with E-state index in [2.05, 4.69) is 16.0 Å². The van der Waals surface area contributed by atoms with Crippen molar-refractivity contribution in [2.75, 3.05) is 19.0 Å². The van der Waals surface area contributed by atoms with Crippen molar-refractivity contribution in [2.24, 2.45) is 9.98 Å². The molecule has 0 radical (unpaired) electrons. The standard InChI is InChI=1S/C15H15N3/c1-18(2)15-10-8-14(9-11-15)17-12-16-13-6-4-3-5-7-13/h3-11H,1-2H3. The molecular weight excluding hydrogens is 222 g/mol. The van der Waals surface area contributed by atoms with Gasteiger partial charge in [0.25, 0.3) is 0 Å². The van der Waals surface area contributed by atoms with Crippen molar-refractivity contribution in [3.8, 4) is 0 Å². The lowest BCUT2D eigenvalue weighted by Crippen LogP contribution is -2.07. The van der Waals surface area contributed by atoms with Crippen LogP contribution in [0.25, 0.3) is 0 Å². The van der Waals surface area contributed by atoms with Crippen LogP contribution in [0.3, 0.4) is 0 Å². The lowest BCUT2D eigenvalue weighted by atomic mass is 10.3. The van der Waals surface area contributed by atoms with Crippen molar-refractivity contribution in [3.63, 3.8) is 0 Å². The van der Waals surface area contributed by atoms with Gasteiger partial charge in [0.1, 0.15) is 6.01 Å². The van der Waals surface area contributed by atoms with Crippen LogP contribution in [0.1, 0.15) is 0 Å². The Kier molecular flexibility index (Phi) is 3.90. The lowest BCUT2D eigenvalue weighted by Gasteiger charge is -2.11. The first kappa shape index (κ1) is 12.1. The first-order chi connectivity index (χ1) is 8.75. The number of para-hydroxylation sites is 1. The molecule has 2 rings (SSSR count). The van der Waals surface area contributed by atoms with Gasteiger partial charge < -0.3 is 4.90 Å². The fourth-order valence-corrected chi connectivity index (χ4v) is 1.47. The first-order valence-corrected chi connectivity index (χ1v) is 5.74. The molecule has 0 saturated carbocycles. The Morgan fingerprint density at radius 1 is 0.778 bits per heavy atom. The monoisotopic (exact) mass is 237 g/mol. The summed E-state index contributed by atoms with van der Waals surface area (Å²) >= 11 is 0. The van der Waals surface area contributed by atoms with Crippen LogP contribution < -0.4 is 4.90 Å². The van der Waals surface area contributed by atoms with Gasteiger partial charge in [-0.05, 0) is 36.4 Å². The quantitative estimate of drug-likeness (QED) is 0.744. The Bertz CT molecular complexity index is 550. The molecule has 0 fully saturated rings. The maximum Gasteiger partial charge on any atom is 0.100 e. The molecule has 0 atom stereocenters. The van der Waals surface area contributed by atoms with E-state index in [1.54, 1.807) is 0 Å². The topological polar surface area (TPSA) is 28.0 Å². The fraction of sp³-hybridized carbons (Fsp3) is 0.133. The van der Waals surface area contributed by atoms with Crippen molar-refractivity contribution in [3.05, 3.63) is 54.6 Å². The second-order valence-corrected chi connectivity index (χ2v) is 4.07. The van der Waals surface area contributed by atoms with Crippen molar-refractivity contribution < 1.29 is 0 Å². The molecular formula is C15H15N3. The van der Waals surface area contributed by atoms with Crippen LogP contribution in [0.2, 0.25) is 0 Å². The van der Waals surface area contributed by atoms with Crippen LogP contribution in [0, 0.1) is 0 Å². The highest BCUT2D eigenvalue weighted by atomic mass is 15.1. The molecule has 0 aliphatic heterocycles. The van der Waals surface area contributed by atoms with E-state index in [4.69, 9.17) is 0 Å². The van der Waals surface area contributed by atoms with Gasteiger partial charge in [0.2, 0.25) is 0 Å². The molecule has 18 heavy (non-hydrogen) atoms. The minimum Gasteiger partial charge on any atom is -0.378 e. The Labute approximate surface area is 107 Å². The van der Waals surface area contributed by atoms with Crippen molar-refractivity contribution in [1.82, 2.24) is 0 Å². The number of hydrogen-bond acceptors (Lipinski definition) is 3. The third kappa shape index (κ3) is 3.30. The van der Waals surface area contributed by atoms with Crippen LogP contribution in [0.5, 0.6) is 0 Å². The average Bonchev–Trinajstić information content (AvgIpc) is 2.40. The minimum atomic E-state index is 0.847. The molecule has 0 aliphatic rings. The summed E-state index contributed by atoms with van der Waals surface area (Å²) in [5, 5.41) is 0. The zero-order chi connectivity index (χ0) is 12.8. The third-order valence-corrected chi connectivity index (χ3v) is 2.48. The van der Waals surface area contributed by atoms with Crippen molar-refractivity contribution >= 4 is 23.1 Å². The molecule has 0 saturated heterocycles. The number of rotatable bonds is 3. The van der Waals surface area contributed by atoms with Crippen LogP contribution in [-0.4, -0.2) is 20.1 Å². The zero-order valence-corrected chi connectivity index (χ0v) is 10.5. The number of benzene rings is 2. The Morgan fingerprint density at radius 2 is 1.33 bits per heavy atom. The second kappa shape index (κ2) is 5.80. The van der Waals surface area contributed by atoms with E-state index in [9.17, 15) is 0 Å². The number of hydrogen-bond donors (Lipinski definition) is 0. The van der Waals surface area contributed by atoms with E-state index >= 15 is 0 Å². The van der Waals surface area contributed by atoms with E-state index in [0.717, 1.165) is 17.1 Å². The molecule has 2 aromatic carbocycles. The summed E-state index contributed by atoms with van der Waals surface area (Å²) in [6.07, 6.45) is 0. The summed E-state index contributed by atoms with van der Waals surface area (Å²) in [5.74, 6) is 0. The molecule has 3 nitrogen and oxygen atoms in total. The lowest BCUT2D eigenvalue weighted by molar-refractivity contribution is 1.13. The third-order valence-electron chi connectivity index (χ3n) is 2.48. The van der Waals surface area contributed by atoms with E-state index in [1.165, 1.54) is 0 Å². The summed E-state index contributed by atoms with van der Waals surface area (Å²) in [4.78, 5) is 10.3. The molecule has 0 heterocycles. The summed E-state index contributed by atoms with van der Waals surface area (Å²) in [6.45, 7) is 0. The number of aliphatic imine (C=N–C) groups is 2. The largest absolute Gasteiger partial charge is 0.378 e.